The van der Waals surface area contributed by atoms with Gasteiger partial charge in [0.05, 0.1) is 5.39 Å². The van der Waals surface area contributed by atoms with E-state index in [1.54, 1.807) is 0 Å². The lowest BCUT2D eigenvalue weighted by Gasteiger charge is -1.97. The van der Waals surface area contributed by atoms with Gasteiger partial charge in [0, 0.05) is 12.1 Å². The standard InChI is InChI=1S/C9H6O3S/c10-5-1-2-6-7(11)4-9(13)12-8(6)3-5/h1-4,10,13H. The lowest BCUT2D eigenvalue weighted by atomic mass is 10.2. The second kappa shape index (κ2) is 2.81. The van der Waals surface area contributed by atoms with E-state index in [1.165, 1.54) is 24.3 Å². The highest BCUT2D eigenvalue weighted by Crippen LogP contribution is 2.19. The molecule has 0 bridgehead atoms. The molecule has 0 aliphatic rings. The van der Waals surface area contributed by atoms with Crippen LogP contribution in [0.25, 0.3) is 11.0 Å². The molecule has 0 saturated carbocycles. The van der Waals surface area contributed by atoms with Crippen molar-refractivity contribution in [3.05, 3.63) is 34.5 Å². The van der Waals surface area contributed by atoms with Crippen LogP contribution in [0.1, 0.15) is 0 Å². The van der Waals surface area contributed by atoms with Crippen LogP contribution in [0.5, 0.6) is 5.75 Å². The lowest BCUT2D eigenvalue weighted by Crippen LogP contribution is -1.98. The highest BCUT2D eigenvalue weighted by atomic mass is 32.1. The maximum Gasteiger partial charge on any atom is 0.193 e. The van der Waals surface area contributed by atoms with E-state index in [0.717, 1.165) is 0 Å². The number of thiol groups is 1. The molecule has 0 aliphatic carbocycles. The number of aromatic hydroxyl groups is 1. The summed E-state index contributed by atoms with van der Waals surface area (Å²) in [6.07, 6.45) is 0. The van der Waals surface area contributed by atoms with Crippen LogP contribution in [0.4, 0.5) is 0 Å². The van der Waals surface area contributed by atoms with Crippen molar-refractivity contribution in [2.45, 2.75) is 5.09 Å². The van der Waals surface area contributed by atoms with Crippen molar-refractivity contribution in [2.24, 2.45) is 0 Å². The second-order valence-electron chi connectivity index (χ2n) is 2.63. The molecule has 1 aromatic heterocycles. The van der Waals surface area contributed by atoms with Gasteiger partial charge < -0.3 is 9.52 Å². The van der Waals surface area contributed by atoms with Crippen molar-refractivity contribution in [1.29, 1.82) is 0 Å². The molecule has 0 unspecified atom stereocenters. The van der Waals surface area contributed by atoms with Crippen molar-refractivity contribution >= 4 is 23.6 Å². The van der Waals surface area contributed by atoms with Crippen LogP contribution in [-0.2, 0) is 0 Å². The van der Waals surface area contributed by atoms with Gasteiger partial charge in [-0.3, -0.25) is 4.79 Å². The Morgan fingerprint density at radius 2 is 2.08 bits per heavy atom. The Balaban J connectivity index is 2.95. The first-order valence-corrected chi connectivity index (χ1v) is 4.07. The molecule has 1 aromatic carbocycles. The normalized spacial score (nSPS) is 10.5. The Hall–Kier alpha value is -1.42. The van der Waals surface area contributed by atoms with E-state index in [9.17, 15) is 4.79 Å². The maximum atomic E-state index is 11.3. The minimum atomic E-state index is -0.161. The molecule has 13 heavy (non-hydrogen) atoms. The zero-order chi connectivity index (χ0) is 9.42. The minimum absolute atomic E-state index is 0.0644. The summed E-state index contributed by atoms with van der Waals surface area (Å²) in [5.41, 5.74) is 0.184. The largest absolute Gasteiger partial charge is 0.508 e. The fourth-order valence-electron chi connectivity index (χ4n) is 1.13. The topological polar surface area (TPSA) is 50.4 Å². The van der Waals surface area contributed by atoms with Crippen LogP contribution >= 0.6 is 12.6 Å². The summed E-state index contributed by atoms with van der Waals surface area (Å²) in [6.45, 7) is 0. The SMILES string of the molecule is O=c1cc(S)oc2cc(O)ccc12. The van der Waals surface area contributed by atoms with Crippen molar-refractivity contribution in [3.63, 3.8) is 0 Å². The highest BCUT2D eigenvalue weighted by Gasteiger charge is 2.02. The zero-order valence-electron chi connectivity index (χ0n) is 6.52. The van der Waals surface area contributed by atoms with E-state index in [1.807, 2.05) is 0 Å². The third kappa shape index (κ3) is 1.40. The summed E-state index contributed by atoms with van der Waals surface area (Å²) in [4.78, 5) is 11.3. The van der Waals surface area contributed by atoms with Crippen LogP contribution in [0, 0.1) is 0 Å². The Morgan fingerprint density at radius 1 is 1.31 bits per heavy atom. The van der Waals surface area contributed by atoms with Crippen molar-refractivity contribution in [2.75, 3.05) is 0 Å². The zero-order valence-corrected chi connectivity index (χ0v) is 7.41. The molecule has 0 atom stereocenters. The summed E-state index contributed by atoms with van der Waals surface area (Å²) in [7, 11) is 0. The number of phenols is 1. The van der Waals surface area contributed by atoms with Crippen molar-refractivity contribution in [3.8, 4) is 5.75 Å². The maximum absolute atomic E-state index is 11.3. The highest BCUT2D eigenvalue weighted by molar-refractivity contribution is 7.80. The van der Waals surface area contributed by atoms with Crippen molar-refractivity contribution < 1.29 is 9.52 Å². The summed E-state index contributed by atoms with van der Waals surface area (Å²) in [5, 5.41) is 9.80. The first-order valence-electron chi connectivity index (χ1n) is 3.62. The van der Waals surface area contributed by atoms with Crippen LogP contribution in [0.3, 0.4) is 0 Å². The Morgan fingerprint density at radius 3 is 2.85 bits per heavy atom. The van der Waals surface area contributed by atoms with Gasteiger partial charge in [-0.15, -0.1) is 12.6 Å². The summed E-state index contributed by atoms with van der Waals surface area (Å²) in [5.74, 6) is 0.0644. The molecule has 1 N–H and O–H groups in total. The molecule has 2 aromatic rings. The number of benzene rings is 1. The monoisotopic (exact) mass is 194 g/mol. The fraction of sp³-hybridized carbons (Fsp3) is 0. The fourth-order valence-corrected chi connectivity index (χ4v) is 1.35. The van der Waals surface area contributed by atoms with Gasteiger partial charge in [0.25, 0.3) is 0 Å². The summed E-state index contributed by atoms with van der Waals surface area (Å²) < 4.78 is 5.13. The first kappa shape index (κ1) is 8.19. The van der Waals surface area contributed by atoms with Gasteiger partial charge in [-0.2, -0.15) is 0 Å². The van der Waals surface area contributed by atoms with Gasteiger partial charge >= 0.3 is 0 Å². The number of rotatable bonds is 0. The van der Waals surface area contributed by atoms with Crippen LogP contribution < -0.4 is 5.43 Å². The van der Waals surface area contributed by atoms with E-state index in [4.69, 9.17) is 9.52 Å². The molecule has 0 saturated heterocycles. The molecule has 66 valence electrons. The Bertz CT molecular complexity index is 510. The van der Waals surface area contributed by atoms with E-state index in [2.05, 4.69) is 12.6 Å². The minimum Gasteiger partial charge on any atom is -0.508 e. The number of phenolic OH excluding ortho intramolecular Hbond substituents is 1. The molecule has 3 nitrogen and oxygen atoms in total. The van der Waals surface area contributed by atoms with Gasteiger partial charge in [-0.25, -0.2) is 0 Å². The molecule has 0 aliphatic heterocycles. The Labute approximate surface area is 79.0 Å². The third-order valence-electron chi connectivity index (χ3n) is 1.70. The van der Waals surface area contributed by atoms with Gasteiger partial charge in [0.1, 0.15) is 11.3 Å². The summed E-state index contributed by atoms with van der Waals surface area (Å²) >= 11 is 3.92. The van der Waals surface area contributed by atoms with Gasteiger partial charge in [0.15, 0.2) is 10.5 Å². The molecular weight excluding hydrogens is 188 g/mol. The molecule has 0 fully saturated rings. The van der Waals surface area contributed by atoms with Crippen LogP contribution in [0.15, 0.2) is 38.6 Å². The van der Waals surface area contributed by atoms with Crippen LogP contribution in [0.2, 0.25) is 0 Å². The van der Waals surface area contributed by atoms with E-state index in [-0.39, 0.29) is 16.3 Å². The molecule has 1 heterocycles. The number of hydrogen-bond donors (Lipinski definition) is 2. The lowest BCUT2D eigenvalue weighted by molar-refractivity contribution is 0.468. The van der Waals surface area contributed by atoms with Crippen molar-refractivity contribution in [1.82, 2.24) is 0 Å². The van der Waals surface area contributed by atoms with Crippen LogP contribution in [-0.4, -0.2) is 5.11 Å². The molecule has 2 rings (SSSR count). The summed E-state index contributed by atoms with van der Waals surface area (Å²) in [6, 6.07) is 5.64. The molecule has 0 amide bonds. The molecule has 4 heteroatoms. The number of hydrogen-bond acceptors (Lipinski definition) is 4. The smallest absolute Gasteiger partial charge is 0.193 e. The third-order valence-corrected chi connectivity index (χ3v) is 1.92. The molecule has 0 spiro atoms. The first-order chi connectivity index (χ1) is 6.16. The second-order valence-corrected chi connectivity index (χ2v) is 3.07. The quantitative estimate of drug-likeness (QED) is 0.628. The predicted octanol–water partition coefficient (Wildman–Crippen LogP) is 1.79. The van der Waals surface area contributed by atoms with E-state index in [0.29, 0.717) is 11.0 Å². The Kier molecular flexibility index (Phi) is 1.77. The average molecular weight is 194 g/mol. The van der Waals surface area contributed by atoms with Gasteiger partial charge in [0.2, 0.25) is 0 Å². The molecule has 0 radical (unpaired) electrons. The number of fused-ring (bicyclic) bond motifs is 1. The predicted molar refractivity (Wildman–Crippen MR) is 51.4 cm³/mol. The van der Waals surface area contributed by atoms with Gasteiger partial charge in [-0.1, -0.05) is 0 Å². The van der Waals surface area contributed by atoms with E-state index >= 15 is 0 Å². The molecular formula is C9H6O3S. The van der Waals surface area contributed by atoms with Gasteiger partial charge in [-0.05, 0) is 12.1 Å². The van der Waals surface area contributed by atoms with E-state index < -0.39 is 0 Å². The average Bonchev–Trinajstić information content (AvgIpc) is 2.02.